The Hall–Kier alpha value is 5.94. The van der Waals surface area contributed by atoms with E-state index in [2.05, 4.69) is 0 Å². The molecule has 0 rings (SSSR count). The Morgan fingerprint density at radius 1 is 0.333 bits per heavy atom. The molecule has 0 amide bonds. The zero-order chi connectivity index (χ0) is 19.8. The van der Waals surface area contributed by atoms with Crippen molar-refractivity contribution < 1.29 is 0 Å². The summed E-state index contributed by atoms with van der Waals surface area (Å²) in [6, 6.07) is 0. The van der Waals surface area contributed by atoms with Crippen molar-refractivity contribution in [3.63, 3.8) is 0 Å². The molecule has 27 heavy (non-hydrogen) atoms. The monoisotopic (exact) mass is 863 g/mol. The van der Waals surface area contributed by atoms with E-state index < -0.39 is 0 Å². The highest BCUT2D eigenvalue weighted by Gasteiger charge is 1.43. The lowest BCUT2D eigenvalue weighted by Crippen LogP contribution is -1.41. The van der Waals surface area contributed by atoms with E-state index in [1.165, 1.54) is 8.88 Å². The molecule has 0 saturated carbocycles. The molecule has 0 fully saturated rings. The van der Waals surface area contributed by atoms with E-state index in [0.29, 0.717) is 0 Å². The Kier molecular flexibility index (Phi) is 36.6. The largest absolute Gasteiger partial charge is 0 e. The number of hydrogen-bond donors (Lipinski definition) is 0. The highest BCUT2D eigenvalue weighted by molar-refractivity contribution is 8.80. The Balaban J connectivity index is 5.95. The van der Waals surface area contributed by atoms with Gasteiger partial charge in [-0.1, -0.05) is 0 Å². The molecule has 0 aromatic carbocycles. The van der Waals surface area contributed by atoms with Crippen molar-refractivity contribution >= 4 is 244 Å². The Morgan fingerprint density at radius 3 is 0.778 bits per heavy atom. The van der Waals surface area contributed by atoms with Crippen LogP contribution in [-0.4, -0.2) is 0 Å². The van der Waals surface area contributed by atoms with Gasteiger partial charge in [0, 0.05) is 244 Å². The van der Waals surface area contributed by atoms with Crippen LogP contribution in [0.5, 0.6) is 0 Å². The lowest BCUT2D eigenvalue weighted by Gasteiger charge is -1.41. The summed E-state index contributed by atoms with van der Waals surface area (Å²) in [7, 11) is 40.1. The summed E-state index contributed by atoms with van der Waals surface area (Å²) in [6.45, 7) is -0.373. The fourth-order valence-corrected chi connectivity index (χ4v) is 63.4. The first-order chi connectivity index (χ1) is 13.3. The van der Waals surface area contributed by atoms with Crippen LogP contribution in [0.3, 0.4) is 0 Å². The van der Waals surface area contributed by atoms with E-state index in [1.54, 1.807) is 178 Å². The molecule has 0 bridgehead atoms. The van der Waals surface area contributed by atoms with Gasteiger partial charge in [0.15, 0.2) is 0 Å². The fraction of sp³-hybridized carbons (Fsp3) is 0. The second kappa shape index (κ2) is 30.0. The van der Waals surface area contributed by atoms with Gasteiger partial charge >= 0.3 is 0 Å². The molecule has 0 aromatic heterocycles. The van der Waals surface area contributed by atoms with Crippen LogP contribution in [0.25, 0.3) is 0 Å². The van der Waals surface area contributed by atoms with Gasteiger partial charge in [0.1, 0.15) is 0 Å². The molecule has 0 saturated heterocycles. The lowest BCUT2D eigenvalue weighted by atomic mass is 30.7. The maximum absolute atomic E-state index is 4.93. The summed E-state index contributed by atoms with van der Waals surface area (Å²) in [4.78, 5) is 0. The molecule has 0 nitrogen and oxygen atoms in total. The van der Waals surface area contributed by atoms with Crippen molar-refractivity contribution in [1.82, 2.24) is 0 Å². The Labute approximate surface area is 238 Å². The summed E-state index contributed by atoms with van der Waals surface area (Å²) >= 11 is 14.6. The van der Waals surface area contributed by atoms with Gasteiger partial charge in [0.2, 0.25) is 0 Å². The normalized spacial score (nSPS) is 7.70. The quantitative estimate of drug-likeness (QED) is 0.336. The summed E-state index contributed by atoms with van der Waals surface area (Å²) < 4.78 is 0. The average Bonchev–Trinajstić information content (AvgIpc) is 2.65. The zero-order valence-corrected chi connectivity index (χ0v) is 33.1. The fourth-order valence-electron chi connectivity index (χ4n) is 0.261. The zero-order valence-electron chi connectivity index (χ0n) is 11.0. The van der Waals surface area contributed by atoms with Gasteiger partial charge in [0.25, 0.3) is 0 Å². The third-order valence-corrected chi connectivity index (χ3v) is 54.0. The summed E-state index contributed by atoms with van der Waals surface area (Å²) in [6.07, 6.45) is 0. The Bertz CT molecular complexity index is 1610. The number of rotatable bonds is 0. The average molecular weight is 866 g/mol. The molecule has 162 valence electrons. The van der Waals surface area contributed by atoms with E-state index in [0.717, 1.165) is 0 Å². The van der Waals surface area contributed by atoms with Gasteiger partial charge < -0.3 is 0 Å². The van der Waals surface area contributed by atoms with E-state index in [-0.39, 0.29) is 6.57 Å². The first-order valence-corrected chi connectivity index (χ1v) is 39.0. The second-order valence-electron chi connectivity index (χ2n) is 1.77. The van der Waals surface area contributed by atoms with Gasteiger partial charge in [-0.3, -0.25) is 0 Å². The molecule has 27 heteroatoms. The highest BCUT2D eigenvalue weighted by Crippen LogP contribution is 1.43. The van der Waals surface area contributed by atoms with Crippen molar-refractivity contribution in [2.24, 2.45) is 0 Å². The van der Waals surface area contributed by atoms with E-state index in [1.807, 2.05) is 17.8 Å². The molecule has 0 aliphatic carbocycles. The third-order valence-electron chi connectivity index (χ3n) is 0.667. The molecule has 0 aliphatic heterocycles. The van der Waals surface area contributed by atoms with Gasteiger partial charge in [-0.2, -0.15) is 0 Å². The van der Waals surface area contributed by atoms with E-state index in [4.69, 9.17) is 33.6 Å². The van der Waals surface area contributed by atoms with Crippen molar-refractivity contribution in [2.45, 2.75) is 0 Å². The second-order valence-corrected chi connectivity index (χ2v) is 47.8. The standard InChI is InChI=1S/S27/c1-4-5-6-7-8-9-10-11-12-13-14-15-16-17-18-19-20-21-22-23-24-25-26-27(2)3. The predicted molar refractivity (Wildman–Crippen MR) is 199 cm³/mol. The maximum atomic E-state index is 4.93. The SMILES string of the molecule is S=S=S=S=S=S=S=S=S=S=S=S=S=S=S=S=S=S=S=S=S=S=S=S=S(=S)=S. The van der Waals surface area contributed by atoms with Crippen molar-refractivity contribution in [3.05, 3.63) is 0 Å². The van der Waals surface area contributed by atoms with Gasteiger partial charge in [0.05, 0.1) is 0 Å². The molecular weight excluding hydrogens is 866 g/mol. The summed E-state index contributed by atoms with van der Waals surface area (Å²) in [5.74, 6) is 0. The van der Waals surface area contributed by atoms with Crippen LogP contribution in [-0.2, 0) is 244 Å². The van der Waals surface area contributed by atoms with Crippen molar-refractivity contribution in [1.29, 1.82) is 0 Å². The first-order valence-electron chi connectivity index (χ1n) is 4.33. The summed E-state index contributed by atoms with van der Waals surface area (Å²) in [5, 5.41) is 0. The molecule has 0 heterocycles. The smallest absolute Gasteiger partial charge is 0 e. The minimum absolute atomic E-state index is 0.373. The van der Waals surface area contributed by atoms with Gasteiger partial charge in [-0.05, 0) is 0 Å². The lowest BCUT2D eigenvalue weighted by molar-refractivity contribution is 5.95. The van der Waals surface area contributed by atoms with Crippen molar-refractivity contribution in [2.75, 3.05) is 0 Å². The molecule has 0 radical (unpaired) electrons. The molecule has 0 unspecified atom stereocenters. The topological polar surface area (TPSA) is 0 Å². The van der Waals surface area contributed by atoms with Gasteiger partial charge in [-0.15, -0.1) is 0 Å². The predicted octanol–water partition coefficient (Wildman–Crippen LogP) is -0.0648. The van der Waals surface area contributed by atoms with Crippen LogP contribution in [0, 0.1) is 0 Å². The molecule has 0 aliphatic rings. The minimum atomic E-state index is -0.373. The first kappa shape index (κ1) is 32.9. The molecule has 0 N–H and O–H groups in total. The van der Waals surface area contributed by atoms with Gasteiger partial charge in [-0.25, -0.2) is 0 Å². The van der Waals surface area contributed by atoms with Crippen LogP contribution < -0.4 is 0 Å². The maximum Gasteiger partial charge on any atom is 0 e. The van der Waals surface area contributed by atoms with Crippen LogP contribution >= 0.6 is 0 Å². The van der Waals surface area contributed by atoms with Crippen LogP contribution in [0.4, 0.5) is 0 Å². The molecule has 0 aromatic rings. The molecule has 0 atom stereocenters. The molecular formula is S27. The summed E-state index contributed by atoms with van der Waals surface area (Å²) in [5.41, 5.74) is 0. The van der Waals surface area contributed by atoms with Crippen LogP contribution in [0.2, 0.25) is 0 Å². The number of hydrogen-bond acceptors (Lipinski definition) is 3. The van der Waals surface area contributed by atoms with Crippen LogP contribution in [0.15, 0.2) is 0 Å². The molecule has 0 spiro atoms. The van der Waals surface area contributed by atoms with E-state index >= 15 is 0 Å². The van der Waals surface area contributed by atoms with Crippen LogP contribution in [0.1, 0.15) is 0 Å². The third kappa shape index (κ3) is 31.9. The minimum Gasteiger partial charge on any atom is 0 e. The van der Waals surface area contributed by atoms with Crippen molar-refractivity contribution in [3.8, 4) is 0 Å². The Morgan fingerprint density at radius 2 is 0.556 bits per heavy atom. The van der Waals surface area contributed by atoms with E-state index in [9.17, 15) is 0 Å². The highest BCUT2D eigenvalue weighted by atomic mass is 33.5.